The van der Waals surface area contributed by atoms with Crippen molar-refractivity contribution in [1.82, 2.24) is 9.97 Å². The van der Waals surface area contributed by atoms with Gasteiger partial charge in [-0.05, 0) is 37.6 Å². The molecule has 1 amide bonds. The lowest BCUT2D eigenvalue weighted by Crippen LogP contribution is -2.38. The number of carbonyl (C=O) groups excluding carboxylic acids is 1. The molecule has 0 unspecified atom stereocenters. The zero-order chi connectivity index (χ0) is 18.9. The van der Waals surface area contributed by atoms with Crippen LogP contribution in [0.2, 0.25) is 0 Å². The number of pyridine rings is 2. The van der Waals surface area contributed by atoms with Crippen LogP contribution >= 0.6 is 11.8 Å². The summed E-state index contributed by atoms with van der Waals surface area (Å²) < 4.78 is 13.6. The van der Waals surface area contributed by atoms with Gasteiger partial charge in [0.15, 0.2) is 16.7 Å². The van der Waals surface area contributed by atoms with Gasteiger partial charge in [-0.1, -0.05) is 25.6 Å². The monoisotopic (exact) mass is 373 g/mol. The van der Waals surface area contributed by atoms with Crippen LogP contribution in [0.1, 0.15) is 43.4 Å². The highest BCUT2D eigenvalue weighted by Crippen LogP contribution is 2.44. The number of halogens is 1. The lowest BCUT2D eigenvalue weighted by molar-refractivity contribution is 0.101. The molecule has 136 valence electrons. The maximum Gasteiger partial charge on any atom is 0.277 e. The lowest BCUT2D eigenvalue weighted by Gasteiger charge is -2.38. The summed E-state index contributed by atoms with van der Waals surface area (Å²) in [5.41, 5.74) is 6.33. The van der Waals surface area contributed by atoms with Crippen LogP contribution in [0.25, 0.3) is 0 Å². The van der Waals surface area contributed by atoms with Gasteiger partial charge in [0.05, 0.1) is 5.69 Å². The molecule has 0 saturated heterocycles. The topological polar surface area (TPSA) is 93.3 Å². The Morgan fingerprint density at radius 3 is 2.73 bits per heavy atom. The number of hydrogen-bond donors (Lipinski definition) is 2. The predicted octanol–water partition coefficient (Wildman–Crippen LogP) is 3.31. The van der Waals surface area contributed by atoms with Crippen LogP contribution < -0.4 is 11.1 Å². The van der Waals surface area contributed by atoms with E-state index in [1.54, 1.807) is 18.3 Å². The third-order valence-corrected chi connectivity index (χ3v) is 5.05. The van der Waals surface area contributed by atoms with Crippen molar-refractivity contribution in [2.45, 2.75) is 37.5 Å². The number of amides is 1. The summed E-state index contributed by atoms with van der Waals surface area (Å²) in [6.45, 7) is 6.17. The number of rotatable bonds is 3. The minimum Gasteiger partial charge on any atom is -0.378 e. The molecule has 26 heavy (non-hydrogen) atoms. The minimum atomic E-state index is -0.672. The molecule has 3 rings (SSSR count). The molecular weight excluding hydrogens is 353 g/mol. The van der Waals surface area contributed by atoms with Gasteiger partial charge in [0.1, 0.15) is 5.54 Å². The van der Waals surface area contributed by atoms with Crippen molar-refractivity contribution in [3.05, 3.63) is 53.9 Å². The highest BCUT2D eigenvalue weighted by Gasteiger charge is 2.40. The number of nitrogens with two attached hydrogens (primary N) is 1. The van der Waals surface area contributed by atoms with Crippen molar-refractivity contribution in [2.24, 2.45) is 10.7 Å². The summed E-state index contributed by atoms with van der Waals surface area (Å²) in [6.07, 6.45) is 3.70. The Balaban J connectivity index is 1.88. The Kier molecular flexibility index (Phi) is 4.70. The summed E-state index contributed by atoms with van der Waals surface area (Å²) >= 11 is 1.53. The standard InChI is InChI=1S/C18H20FN5OS/c1-17(2)10-18(3,24-16(20)26-17)13-9-11(6-8-21-13)23-15(25)14-12(19)5-4-7-22-14/h4-9H,10H2,1-3H3,(H2,20,24)(H,21,23,25)/t18-/m0/s1. The molecule has 1 aliphatic rings. The van der Waals surface area contributed by atoms with Crippen LogP contribution in [0.4, 0.5) is 10.1 Å². The first-order chi connectivity index (χ1) is 12.2. The second kappa shape index (κ2) is 6.68. The van der Waals surface area contributed by atoms with E-state index in [2.05, 4.69) is 34.1 Å². The largest absolute Gasteiger partial charge is 0.378 e. The number of aliphatic imine (C=N–C) groups is 1. The Labute approximate surface area is 155 Å². The Morgan fingerprint density at radius 1 is 1.27 bits per heavy atom. The summed E-state index contributed by atoms with van der Waals surface area (Å²) in [5.74, 6) is -1.29. The number of aromatic nitrogens is 2. The van der Waals surface area contributed by atoms with Crippen molar-refractivity contribution in [3.8, 4) is 0 Å². The van der Waals surface area contributed by atoms with Crippen molar-refractivity contribution < 1.29 is 9.18 Å². The van der Waals surface area contributed by atoms with Crippen LogP contribution in [-0.2, 0) is 5.54 Å². The highest BCUT2D eigenvalue weighted by molar-refractivity contribution is 8.15. The molecule has 2 aromatic rings. The first kappa shape index (κ1) is 18.3. The Hall–Kier alpha value is -2.48. The normalized spacial score (nSPS) is 21.8. The van der Waals surface area contributed by atoms with E-state index in [9.17, 15) is 9.18 Å². The van der Waals surface area contributed by atoms with Gasteiger partial charge in [0.2, 0.25) is 0 Å². The molecule has 0 aromatic carbocycles. The molecule has 0 fully saturated rings. The number of nitrogens with zero attached hydrogens (tertiary/aromatic N) is 3. The fraction of sp³-hybridized carbons (Fsp3) is 0.333. The molecular formula is C18H20FN5OS. The number of amidine groups is 1. The first-order valence-electron chi connectivity index (χ1n) is 8.11. The number of nitrogens with one attached hydrogen (secondary N) is 1. The molecule has 1 aliphatic heterocycles. The van der Waals surface area contributed by atoms with Crippen molar-refractivity contribution in [2.75, 3.05) is 5.32 Å². The first-order valence-corrected chi connectivity index (χ1v) is 8.93. The van der Waals surface area contributed by atoms with Crippen molar-refractivity contribution >= 4 is 28.5 Å². The second-order valence-corrected chi connectivity index (χ2v) is 8.71. The molecule has 8 heteroatoms. The van der Waals surface area contributed by atoms with E-state index >= 15 is 0 Å². The van der Waals surface area contributed by atoms with E-state index in [0.717, 1.165) is 6.42 Å². The van der Waals surface area contributed by atoms with E-state index in [1.807, 2.05) is 6.92 Å². The van der Waals surface area contributed by atoms with Gasteiger partial charge >= 0.3 is 0 Å². The SMILES string of the molecule is CC1(C)C[C@@](C)(c2cc(NC(=O)c3ncccc3F)ccn2)N=C(N)S1. The van der Waals surface area contributed by atoms with E-state index in [1.165, 1.54) is 30.1 Å². The quantitative estimate of drug-likeness (QED) is 0.861. The fourth-order valence-electron chi connectivity index (χ4n) is 3.15. The number of anilines is 1. The van der Waals surface area contributed by atoms with Gasteiger partial charge < -0.3 is 11.1 Å². The summed E-state index contributed by atoms with van der Waals surface area (Å²) in [6, 6.07) is 6.01. The number of thioether (sulfide) groups is 1. The predicted molar refractivity (Wildman–Crippen MR) is 102 cm³/mol. The van der Waals surface area contributed by atoms with Crippen LogP contribution in [0, 0.1) is 5.82 Å². The molecule has 1 atom stereocenters. The van der Waals surface area contributed by atoms with Crippen LogP contribution in [0.3, 0.4) is 0 Å². The molecule has 0 radical (unpaired) electrons. The van der Waals surface area contributed by atoms with Crippen molar-refractivity contribution in [1.29, 1.82) is 0 Å². The third-order valence-electron chi connectivity index (χ3n) is 4.05. The smallest absolute Gasteiger partial charge is 0.277 e. The molecule has 6 nitrogen and oxygen atoms in total. The van der Waals surface area contributed by atoms with E-state index in [0.29, 0.717) is 16.5 Å². The summed E-state index contributed by atoms with van der Waals surface area (Å²) in [7, 11) is 0. The average Bonchev–Trinajstić information content (AvgIpc) is 2.53. The van der Waals surface area contributed by atoms with Gasteiger partial charge in [-0.3, -0.25) is 9.78 Å². The van der Waals surface area contributed by atoms with Crippen LogP contribution in [0.15, 0.2) is 41.7 Å². The molecule has 0 saturated carbocycles. The van der Waals surface area contributed by atoms with Crippen molar-refractivity contribution in [3.63, 3.8) is 0 Å². The molecule has 3 N–H and O–H groups in total. The maximum atomic E-state index is 13.7. The third kappa shape index (κ3) is 3.85. The Bertz CT molecular complexity index is 885. The Morgan fingerprint density at radius 2 is 2.04 bits per heavy atom. The molecule has 3 heterocycles. The van der Waals surface area contributed by atoms with Gasteiger partial charge in [-0.2, -0.15) is 0 Å². The fourth-order valence-corrected chi connectivity index (χ4v) is 4.31. The van der Waals surface area contributed by atoms with E-state index < -0.39 is 17.3 Å². The summed E-state index contributed by atoms with van der Waals surface area (Å²) in [4.78, 5) is 25.1. The van der Waals surface area contributed by atoms with E-state index in [4.69, 9.17) is 5.73 Å². The van der Waals surface area contributed by atoms with Gasteiger partial charge in [0.25, 0.3) is 5.91 Å². The highest BCUT2D eigenvalue weighted by atomic mass is 32.2. The summed E-state index contributed by atoms with van der Waals surface area (Å²) in [5, 5.41) is 3.17. The van der Waals surface area contributed by atoms with Gasteiger partial charge in [-0.25, -0.2) is 14.4 Å². The zero-order valence-electron chi connectivity index (χ0n) is 14.8. The van der Waals surface area contributed by atoms with Gasteiger partial charge in [0, 0.05) is 22.8 Å². The zero-order valence-corrected chi connectivity index (χ0v) is 15.6. The molecule has 2 aromatic heterocycles. The lowest BCUT2D eigenvalue weighted by atomic mass is 9.87. The van der Waals surface area contributed by atoms with E-state index in [-0.39, 0.29) is 10.4 Å². The second-order valence-electron chi connectivity index (χ2n) is 6.98. The minimum absolute atomic E-state index is 0.0847. The molecule has 0 aliphatic carbocycles. The number of hydrogen-bond acceptors (Lipinski definition) is 6. The molecule has 0 spiro atoms. The molecule has 0 bridgehead atoms. The average molecular weight is 373 g/mol. The maximum absolute atomic E-state index is 13.7. The van der Waals surface area contributed by atoms with Gasteiger partial charge in [-0.15, -0.1) is 0 Å². The van der Waals surface area contributed by atoms with Crippen LogP contribution in [-0.4, -0.2) is 25.8 Å². The number of carbonyl (C=O) groups is 1. The van der Waals surface area contributed by atoms with Crippen LogP contribution in [0.5, 0.6) is 0 Å².